The fourth-order valence-electron chi connectivity index (χ4n) is 3.74. The molecule has 3 aliphatic heterocycles. The molecule has 2 aromatic heterocycles. The predicted octanol–water partition coefficient (Wildman–Crippen LogP) is 2.64. The van der Waals surface area contributed by atoms with Crippen molar-refractivity contribution in [2.75, 3.05) is 25.9 Å². The van der Waals surface area contributed by atoms with Gasteiger partial charge in [-0.2, -0.15) is 0 Å². The minimum absolute atomic E-state index is 0.0108. The van der Waals surface area contributed by atoms with E-state index in [9.17, 15) is 9.59 Å². The average molecular weight is 389 g/mol. The lowest BCUT2D eigenvalue weighted by atomic mass is 9.95. The standard InChI is InChI=1S/C18H20N4O2S2/c1-25-18-20-15(11-26-18)17(24)22-9-12-5-6-13(22)10-21(8-12)16(23)14-4-2-3-7-19-14/h2-4,7,11-13H,5-6,8-10H2,1H3/t12-,13+/m0/s1. The molecule has 26 heavy (non-hydrogen) atoms. The maximum atomic E-state index is 13.0. The molecule has 2 amide bonds. The van der Waals surface area contributed by atoms with Gasteiger partial charge in [-0.3, -0.25) is 14.6 Å². The highest BCUT2D eigenvalue weighted by molar-refractivity contribution is 8.00. The van der Waals surface area contributed by atoms with Gasteiger partial charge in [-0.1, -0.05) is 17.8 Å². The number of pyridine rings is 1. The van der Waals surface area contributed by atoms with Crippen LogP contribution >= 0.6 is 23.1 Å². The van der Waals surface area contributed by atoms with Crippen LogP contribution in [0.25, 0.3) is 0 Å². The summed E-state index contributed by atoms with van der Waals surface area (Å²) in [6, 6.07) is 5.43. The number of rotatable bonds is 3. The summed E-state index contributed by atoms with van der Waals surface area (Å²) in [5.74, 6) is 0.252. The quantitative estimate of drug-likeness (QED) is 0.756. The van der Waals surface area contributed by atoms with Crippen LogP contribution in [-0.4, -0.2) is 63.5 Å². The molecule has 136 valence electrons. The van der Waals surface area contributed by atoms with Crippen LogP contribution in [0.3, 0.4) is 0 Å². The van der Waals surface area contributed by atoms with E-state index in [4.69, 9.17) is 0 Å². The third-order valence-corrected chi connectivity index (χ3v) is 6.89. The molecule has 5 heterocycles. The molecule has 2 aromatic rings. The highest BCUT2D eigenvalue weighted by Crippen LogP contribution is 2.30. The van der Waals surface area contributed by atoms with Crippen molar-refractivity contribution in [3.8, 4) is 0 Å². The second-order valence-electron chi connectivity index (χ2n) is 6.68. The van der Waals surface area contributed by atoms with Crippen molar-refractivity contribution in [2.45, 2.75) is 23.2 Å². The van der Waals surface area contributed by atoms with E-state index in [1.54, 1.807) is 30.1 Å². The molecular weight excluding hydrogens is 368 g/mol. The van der Waals surface area contributed by atoms with E-state index in [0.717, 1.165) is 17.2 Å². The largest absolute Gasteiger partial charge is 0.335 e. The first-order chi connectivity index (χ1) is 12.7. The van der Waals surface area contributed by atoms with E-state index in [1.807, 2.05) is 27.5 Å². The van der Waals surface area contributed by atoms with Crippen molar-refractivity contribution in [1.29, 1.82) is 0 Å². The molecular formula is C18H20N4O2S2. The van der Waals surface area contributed by atoms with Crippen molar-refractivity contribution in [2.24, 2.45) is 5.92 Å². The third-order valence-electron chi connectivity index (χ3n) is 5.02. The number of hydrogen-bond donors (Lipinski definition) is 0. The fraction of sp³-hybridized carbons (Fsp3) is 0.444. The lowest BCUT2D eigenvalue weighted by molar-refractivity contribution is 0.0568. The number of carbonyl (C=O) groups excluding carboxylic acids is 2. The molecule has 3 saturated heterocycles. The van der Waals surface area contributed by atoms with Crippen molar-refractivity contribution in [3.05, 3.63) is 41.2 Å². The number of hydrogen-bond acceptors (Lipinski definition) is 6. The van der Waals surface area contributed by atoms with Crippen LogP contribution in [0.5, 0.6) is 0 Å². The monoisotopic (exact) mass is 388 g/mol. The maximum Gasteiger partial charge on any atom is 0.273 e. The van der Waals surface area contributed by atoms with Crippen LogP contribution < -0.4 is 0 Å². The molecule has 2 bridgehead atoms. The topological polar surface area (TPSA) is 66.4 Å². The number of aromatic nitrogens is 2. The Bertz CT molecular complexity index is 811. The van der Waals surface area contributed by atoms with Crippen LogP contribution in [0.4, 0.5) is 0 Å². The second-order valence-corrected chi connectivity index (χ2v) is 8.59. The molecule has 0 N–H and O–H groups in total. The Morgan fingerprint density at radius 3 is 2.77 bits per heavy atom. The first-order valence-electron chi connectivity index (χ1n) is 8.66. The number of thioether (sulfide) groups is 1. The van der Waals surface area contributed by atoms with Gasteiger partial charge in [0.1, 0.15) is 15.7 Å². The molecule has 0 aliphatic carbocycles. The Balaban J connectivity index is 1.53. The van der Waals surface area contributed by atoms with E-state index in [1.165, 1.54) is 11.3 Å². The number of carbonyl (C=O) groups is 2. The van der Waals surface area contributed by atoms with Gasteiger partial charge in [0.2, 0.25) is 0 Å². The van der Waals surface area contributed by atoms with Crippen molar-refractivity contribution < 1.29 is 9.59 Å². The molecule has 3 aliphatic rings. The minimum Gasteiger partial charge on any atom is -0.335 e. The van der Waals surface area contributed by atoms with Gasteiger partial charge in [0.25, 0.3) is 11.8 Å². The fourth-order valence-corrected chi connectivity index (χ4v) is 4.98. The van der Waals surface area contributed by atoms with Gasteiger partial charge in [0, 0.05) is 37.3 Å². The van der Waals surface area contributed by atoms with Gasteiger partial charge < -0.3 is 9.80 Å². The van der Waals surface area contributed by atoms with Gasteiger partial charge in [0.05, 0.1) is 0 Å². The Hall–Kier alpha value is -1.93. The number of amides is 2. The molecule has 3 fully saturated rings. The molecule has 0 unspecified atom stereocenters. The highest BCUT2D eigenvalue weighted by atomic mass is 32.2. The average Bonchev–Trinajstić information content (AvgIpc) is 2.98. The number of thiazole rings is 1. The van der Waals surface area contributed by atoms with Gasteiger partial charge in [0.15, 0.2) is 0 Å². The Morgan fingerprint density at radius 1 is 1.15 bits per heavy atom. The maximum absolute atomic E-state index is 13.0. The molecule has 0 spiro atoms. The zero-order chi connectivity index (χ0) is 18.1. The zero-order valence-corrected chi connectivity index (χ0v) is 16.1. The van der Waals surface area contributed by atoms with Gasteiger partial charge in [-0.25, -0.2) is 4.98 Å². The lowest BCUT2D eigenvalue weighted by Crippen LogP contribution is -2.47. The van der Waals surface area contributed by atoms with Crippen LogP contribution in [0.1, 0.15) is 33.8 Å². The van der Waals surface area contributed by atoms with Crippen LogP contribution in [0, 0.1) is 5.92 Å². The summed E-state index contributed by atoms with van der Waals surface area (Å²) in [5, 5.41) is 1.84. The Labute approximate surface area is 160 Å². The Kier molecular flexibility index (Phi) is 4.95. The lowest BCUT2D eigenvalue weighted by Gasteiger charge is -2.35. The minimum atomic E-state index is -0.0462. The third kappa shape index (κ3) is 3.35. The molecule has 5 rings (SSSR count). The molecule has 2 atom stereocenters. The first-order valence-corrected chi connectivity index (χ1v) is 10.8. The first kappa shape index (κ1) is 17.5. The predicted molar refractivity (Wildman–Crippen MR) is 102 cm³/mol. The number of fused-ring (bicyclic) bond motifs is 4. The summed E-state index contributed by atoms with van der Waals surface area (Å²) in [6.45, 7) is 1.95. The van der Waals surface area contributed by atoms with E-state index < -0.39 is 0 Å². The summed E-state index contributed by atoms with van der Waals surface area (Å²) in [6.07, 6.45) is 5.58. The van der Waals surface area contributed by atoms with Gasteiger partial charge in [-0.15, -0.1) is 11.3 Å². The summed E-state index contributed by atoms with van der Waals surface area (Å²) in [4.78, 5) is 38.2. The second kappa shape index (κ2) is 7.36. The number of nitrogens with zero attached hydrogens (tertiary/aromatic N) is 4. The molecule has 6 nitrogen and oxygen atoms in total. The van der Waals surface area contributed by atoms with E-state index in [-0.39, 0.29) is 17.9 Å². The van der Waals surface area contributed by atoms with Crippen LogP contribution in [-0.2, 0) is 0 Å². The summed E-state index contributed by atoms with van der Waals surface area (Å²) in [5.41, 5.74) is 0.991. The molecule has 0 aromatic carbocycles. The summed E-state index contributed by atoms with van der Waals surface area (Å²) in [7, 11) is 0. The van der Waals surface area contributed by atoms with Crippen molar-refractivity contribution in [3.63, 3.8) is 0 Å². The zero-order valence-electron chi connectivity index (χ0n) is 14.5. The normalized spacial score (nSPS) is 22.3. The van der Waals surface area contributed by atoms with E-state index in [2.05, 4.69) is 9.97 Å². The van der Waals surface area contributed by atoms with E-state index >= 15 is 0 Å². The van der Waals surface area contributed by atoms with Gasteiger partial charge >= 0.3 is 0 Å². The van der Waals surface area contributed by atoms with E-state index in [0.29, 0.717) is 36.9 Å². The summed E-state index contributed by atoms with van der Waals surface area (Å²) >= 11 is 3.05. The van der Waals surface area contributed by atoms with Crippen LogP contribution in [0.15, 0.2) is 34.1 Å². The molecule has 0 saturated carbocycles. The van der Waals surface area contributed by atoms with Crippen molar-refractivity contribution >= 4 is 34.9 Å². The number of piperidine rings is 1. The SMILES string of the molecule is CSc1nc(C(=O)N2C[C@H]3CC[C@@H]2CN(C(=O)c2ccccn2)C3)cs1. The highest BCUT2D eigenvalue weighted by Gasteiger charge is 2.39. The molecule has 8 heteroatoms. The molecule has 0 radical (unpaired) electrons. The van der Waals surface area contributed by atoms with Crippen molar-refractivity contribution in [1.82, 2.24) is 19.8 Å². The van der Waals surface area contributed by atoms with Gasteiger partial charge in [-0.05, 0) is 37.1 Å². The Morgan fingerprint density at radius 2 is 2.04 bits per heavy atom. The van der Waals surface area contributed by atoms with Crippen LogP contribution in [0.2, 0.25) is 0 Å². The smallest absolute Gasteiger partial charge is 0.273 e. The summed E-state index contributed by atoms with van der Waals surface area (Å²) < 4.78 is 0.903.